The van der Waals surface area contributed by atoms with Gasteiger partial charge in [0.15, 0.2) is 0 Å². The average Bonchev–Trinajstić information content (AvgIpc) is 2.71. The van der Waals surface area contributed by atoms with Crippen molar-refractivity contribution in [2.75, 3.05) is 0 Å². The van der Waals surface area contributed by atoms with Gasteiger partial charge in [-0.15, -0.1) is 0 Å². The molecule has 21 heavy (non-hydrogen) atoms. The van der Waals surface area contributed by atoms with Gasteiger partial charge in [-0.3, -0.25) is 0 Å². The van der Waals surface area contributed by atoms with Crippen LogP contribution < -0.4 is 0 Å². The van der Waals surface area contributed by atoms with Crippen LogP contribution in [0.2, 0.25) is 0 Å². The maximum Gasteiger partial charge on any atom is 0.236 e. The molecule has 3 rings (SSSR count). The molecule has 0 amide bonds. The standard InChI is InChI=1S/C16H16ClNO2S/c1-11(2)18-15-6-4-3-5-13(15)14-9-12(7-8-16(14)18)10-21(17,19)20/h3-9,11H,10H2,1-2H3. The van der Waals surface area contributed by atoms with Gasteiger partial charge in [0, 0.05) is 38.5 Å². The summed E-state index contributed by atoms with van der Waals surface area (Å²) in [5.41, 5.74) is 2.99. The van der Waals surface area contributed by atoms with E-state index in [1.165, 1.54) is 0 Å². The zero-order chi connectivity index (χ0) is 15.2. The summed E-state index contributed by atoms with van der Waals surface area (Å²) < 4.78 is 24.8. The Morgan fingerprint density at radius 3 is 2.38 bits per heavy atom. The molecule has 0 aliphatic carbocycles. The van der Waals surface area contributed by atoms with Crippen LogP contribution in [0.25, 0.3) is 21.8 Å². The number of halogens is 1. The average molecular weight is 322 g/mol. The maximum absolute atomic E-state index is 11.3. The van der Waals surface area contributed by atoms with Crippen LogP contribution in [-0.2, 0) is 14.8 Å². The van der Waals surface area contributed by atoms with Gasteiger partial charge < -0.3 is 4.57 Å². The molecule has 0 saturated carbocycles. The smallest absolute Gasteiger partial charge is 0.236 e. The third kappa shape index (κ3) is 2.65. The summed E-state index contributed by atoms with van der Waals surface area (Å²) in [6.07, 6.45) is 0. The first-order valence-electron chi connectivity index (χ1n) is 6.81. The molecule has 1 aromatic heterocycles. The fourth-order valence-corrected chi connectivity index (χ4v) is 3.85. The SMILES string of the molecule is CC(C)n1c2ccccc2c2cc(CS(=O)(=O)Cl)ccc21. The number of hydrogen-bond acceptors (Lipinski definition) is 2. The lowest BCUT2D eigenvalue weighted by Crippen LogP contribution is -2.00. The highest BCUT2D eigenvalue weighted by Crippen LogP contribution is 2.32. The molecule has 2 aromatic carbocycles. The lowest BCUT2D eigenvalue weighted by Gasteiger charge is -2.11. The molecule has 0 bridgehead atoms. The van der Waals surface area contributed by atoms with Gasteiger partial charge in [-0.25, -0.2) is 8.42 Å². The van der Waals surface area contributed by atoms with Crippen molar-refractivity contribution in [1.82, 2.24) is 4.57 Å². The molecule has 0 spiro atoms. The number of fused-ring (bicyclic) bond motifs is 3. The van der Waals surface area contributed by atoms with Crippen LogP contribution in [0.4, 0.5) is 0 Å². The summed E-state index contributed by atoms with van der Waals surface area (Å²) in [6.45, 7) is 4.28. The molecule has 110 valence electrons. The van der Waals surface area contributed by atoms with Crippen LogP contribution >= 0.6 is 10.7 Å². The largest absolute Gasteiger partial charge is 0.338 e. The van der Waals surface area contributed by atoms with Crippen LogP contribution in [0.1, 0.15) is 25.5 Å². The Labute approximate surface area is 128 Å². The molecule has 0 atom stereocenters. The number of nitrogens with zero attached hydrogens (tertiary/aromatic N) is 1. The molecule has 3 aromatic rings. The zero-order valence-electron chi connectivity index (χ0n) is 11.9. The van der Waals surface area contributed by atoms with E-state index < -0.39 is 9.05 Å². The predicted octanol–water partition coefficient (Wildman–Crippen LogP) is 4.44. The van der Waals surface area contributed by atoms with Crippen molar-refractivity contribution >= 4 is 41.5 Å². The molecular weight excluding hydrogens is 306 g/mol. The summed E-state index contributed by atoms with van der Waals surface area (Å²) >= 11 is 0. The van der Waals surface area contributed by atoms with Gasteiger partial charge in [-0.05, 0) is 37.6 Å². The predicted molar refractivity (Wildman–Crippen MR) is 88.3 cm³/mol. The monoisotopic (exact) mass is 321 g/mol. The topological polar surface area (TPSA) is 39.1 Å². The normalized spacial score (nSPS) is 12.6. The number of hydrogen-bond donors (Lipinski definition) is 0. The van der Waals surface area contributed by atoms with E-state index in [0.29, 0.717) is 11.6 Å². The highest BCUT2D eigenvalue weighted by Gasteiger charge is 2.14. The van der Waals surface area contributed by atoms with Gasteiger partial charge in [0.05, 0.1) is 5.75 Å². The van der Waals surface area contributed by atoms with Crippen molar-refractivity contribution in [3.05, 3.63) is 48.0 Å². The molecule has 0 fully saturated rings. The van der Waals surface area contributed by atoms with Gasteiger partial charge in [-0.1, -0.05) is 24.3 Å². The summed E-state index contributed by atoms with van der Waals surface area (Å²) in [7, 11) is 1.82. The van der Waals surface area contributed by atoms with Crippen molar-refractivity contribution in [2.24, 2.45) is 0 Å². The van der Waals surface area contributed by atoms with Crippen LogP contribution in [0.5, 0.6) is 0 Å². The molecule has 0 aliphatic heterocycles. The Balaban J connectivity index is 2.33. The minimum Gasteiger partial charge on any atom is -0.338 e. The van der Waals surface area contributed by atoms with Gasteiger partial charge >= 0.3 is 0 Å². The molecule has 1 heterocycles. The van der Waals surface area contributed by atoms with E-state index in [4.69, 9.17) is 10.7 Å². The van der Waals surface area contributed by atoms with E-state index in [0.717, 1.165) is 21.8 Å². The fourth-order valence-electron chi connectivity index (χ4n) is 2.90. The number of para-hydroxylation sites is 1. The Bertz CT molecular complexity index is 926. The second-order valence-electron chi connectivity index (χ2n) is 5.52. The Morgan fingerprint density at radius 2 is 1.71 bits per heavy atom. The first-order chi connectivity index (χ1) is 9.87. The molecule has 0 aliphatic rings. The molecule has 0 radical (unpaired) electrons. The van der Waals surface area contributed by atoms with Crippen molar-refractivity contribution < 1.29 is 8.42 Å². The van der Waals surface area contributed by atoms with Crippen LogP contribution in [0.3, 0.4) is 0 Å². The van der Waals surface area contributed by atoms with E-state index in [-0.39, 0.29) is 5.75 Å². The van der Waals surface area contributed by atoms with Crippen LogP contribution in [-0.4, -0.2) is 13.0 Å². The van der Waals surface area contributed by atoms with Crippen molar-refractivity contribution in [2.45, 2.75) is 25.6 Å². The third-order valence-electron chi connectivity index (χ3n) is 3.63. The first-order valence-corrected chi connectivity index (χ1v) is 9.28. The molecule has 5 heteroatoms. The Hall–Kier alpha value is -1.52. The Morgan fingerprint density at radius 1 is 1.05 bits per heavy atom. The summed E-state index contributed by atoms with van der Waals surface area (Å²) in [4.78, 5) is 0. The lowest BCUT2D eigenvalue weighted by atomic mass is 10.1. The first kappa shape index (κ1) is 14.4. The van der Waals surface area contributed by atoms with Gasteiger partial charge in [0.1, 0.15) is 0 Å². The van der Waals surface area contributed by atoms with E-state index in [1.54, 1.807) is 0 Å². The molecule has 0 unspecified atom stereocenters. The van der Waals surface area contributed by atoms with E-state index in [1.807, 2.05) is 30.3 Å². The van der Waals surface area contributed by atoms with Crippen LogP contribution in [0, 0.1) is 0 Å². The second kappa shape index (κ2) is 5.04. The van der Waals surface area contributed by atoms with E-state index in [9.17, 15) is 8.42 Å². The molecule has 0 N–H and O–H groups in total. The minimum atomic E-state index is -3.54. The minimum absolute atomic E-state index is 0.147. The third-order valence-corrected chi connectivity index (χ3v) is 4.64. The molecular formula is C16H16ClNO2S. The second-order valence-corrected chi connectivity index (χ2v) is 8.29. The van der Waals surface area contributed by atoms with Crippen molar-refractivity contribution in [1.29, 1.82) is 0 Å². The number of benzene rings is 2. The van der Waals surface area contributed by atoms with Gasteiger partial charge in [-0.2, -0.15) is 0 Å². The fraction of sp³-hybridized carbons (Fsp3) is 0.250. The zero-order valence-corrected chi connectivity index (χ0v) is 13.4. The van der Waals surface area contributed by atoms with Crippen molar-refractivity contribution in [3.8, 4) is 0 Å². The lowest BCUT2D eigenvalue weighted by molar-refractivity contribution is 0.609. The summed E-state index contributed by atoms with van der Waals surface area (Å²) in [5, 5.41) is 2.20. The highest BCUT2D eigenvalue weighted by atomic mass is 35.7. The molecule has 0 saturated heterocycles. The number of aromatic nitrogens is 1. The molecule has 3 nitrogen and oxygen atoms in total. The highest BCUT2D eigenvalue weighted by molar-refractivity contribution is 8.13. The maximum atomic E-state index is 11.3. The quantitative estimate of drug-likeness (QED) is 0.669. The van der Waals surface area contributed by atoms with E-state index in [2.05, 4.69) is 30.5 Å². The summed E-state index contributed by atoms with van der Waals surface area (Å²) in [5.74, 6) is -0.147. The van der Waals surface area contributed by atoms with Gasteiger partial charge in [0.2, 0.25) is 9.05 Å². The Kier molecular flexibility index (Phi) is 3.46. The van der Waals surface area contributed by atoms with Gasteiger partial charge in [0.25, 0.3) is 0 Å². The summed E-state index contributed by atoms with van der Waals surface area (Å²) in [6, 6.07) is 14.2. The van der Waals surface area contributed by atoms with E-state index >= 15 is 0 Å². The number of rotatable bonds is 3. The van der Waals surface area contributed by atoms with Crippen molar-refractivity contribution in [3.63, 3.8) is 0 Å². The van der Waals surface area contributed by atoms with Crippen LogP contribution in [0.15, 0.2) is 42.5 Å².